The number of likely N-dealkylation sites (N-methyl/N-ethyl adjacent to an activating group) is 1. The van der Waals surface area contributed by atoms with Gasteiger partial charge in [0.1, 0.15) is 12.1 Å². The molecule has 1 aliphatic heterocycles. The lowest BCUT2D eigenvalue weighted by molar-refractivity contribution is 0.112. The third kappa shape index (κ3) is 2.22. The molecule has 0 saturated carbocycles. The van der Waals surface area contributed by atoms with Gasteiger partial charge >= 0.3 is 0 Å². The van der Waals surface area contributed by atoms with Crippen molar-refractivity contribution in [2.45, 2.75) is 12.5 Å². The second-order valence-corrected chi connectivity index (χ2v) is 3.99. The fourth-order valence-electron chi connectivity index (χ4n) is 1.91. The summed E-state index contributed by atoms with van der Waals surface area (Å²) in [6.07, 6.45) is 1.59. The molecule has 16 heavy (non-hydrogen) atoms. The summed E-state index contributed by atoms with van der Waals surface area (Å²) >= 11 is 0. The van der Waals surface area contributed by atoms with Gasteiger partial charge in [0.25, 0.3) is 0 Å². The summed E-state index contributed by atoms with van der Waals surface area (Å²) in [7, 11) is 1.89. The van der Waals surface area contributed by atoms with Gasteiger partial charge < -0.3 is 9.64 Å². The third-order valence-electron chi connectivity index (χ3n) is 2.90. The predicted octanol–water partition coefficient (Wildman–Crippen LogP) is 1.86. The first kappa shape index (κ1) is 11.1. The summed E-state index contributed by atoms with van der Waals surface area (Å²) in [6.45, 7) is 1.40. The molecule has 1 saturated heterocycles. The summed E-state index contributed by atoms with van der Waals surface area (Å²) in [5.41, 5.74) is 1.08. The molecule has 3 nitrogen and oxygen atoms in total. The molecule has 0 aromatic heterocycles. The normalized spacial score (nSPS) is 19.8. The Morgan fingerprint density at radius 1 is 1.50 bits per heavy atom. The third-order valence-corrected chi connectivity index (χ3v) is 2.90. The van der Waals surface area contributed by atoms with Gasteiger partial charge in [-0.1, -0.05) is 0 Å². The quantitative estimate of drug-likeness (QED) is 0.732. The van der Waals surface area contributed by atoms with Crippen molar-refractivity contribution < 1.29 is 13.9 Å². The van der Waals surface area contributed by atoms with Crippen LogP contribution < -0.4 is 4.90 Å². The van der Waals surface area contributed by atoms with E-state index in [0.29, 0.717) is 18.5 Å². The smallest absolute Gasteiger partial charge is 0.150 e. The maximum absolute atomic E-state index is 13.2. The zero-order valence-corrected chi connectivity index (χ0v) is 9.15. The molecule has 1 heterocycles. The van der Waals surface area contributed by atoms with Crippen LogP contribution in [0.1, 0.15) is 16.8 Å². The molecule has 0 bridgehead atoms. The minimum Gasteiger partial charge on any atom is -0.379 e. The predicted molar refractivity (Wildman–Crippen MR) is 59.4 cm³/mol. The number of hydrogen-bond acceptors (Lipinski definition) is 3. The number of ether oxygens (including phenoxy) is 1. The fourth-order valence-corrected chi connectivity index (χ4v) is 1.91. The minimum atomic E-state index is -0.384. The van der Waals surface area contributed by atoms with Crippen molar-refractivity contribution in [2.24, 2.45) is 0 Å². The van der Waals surface area contributed by atoms with Gasteiger partial charge in [-0.05, 0) is 24.6 Å². The van der Waals surface area contributed by atoms with Crippen LogP contribution in [0, 0.1) is 5.82 Å². The fraction of sp³-hybridized carbons (Fsp3) is 0.417. The maximum atomic E-state index is 13.2. The van der Waals surface area contributed by atoms with E-state index in [1.807, 2.05) is 11.9 Å². The number of carbonyl (C=O) groups is 1. The standard InChI is InChI=1S/C12H14FNO2/c1-14(11-2-3-16-8-11)12-5-9(7-15)4-10(13)6-12/h4-7,11H,2-3,8H2,1H3. The highest BCUT2D eigenvalue weighted by atomic mass is 19.1. The van der Waals surface area contributed by atoms with Crippen LogP contribution in [0.25, 0.3) is 0 Å². The first-order valence-electron chi connectivity index (χ1n) is 5.27. The minimum absolute atomic E-state index is 0.265. The second kappa shape index (κ2) is 4.61. The Morgan fingerprint density at radius 3 is 2.94 bits per heavy atom. The Hall–Kier alpha value is -1.42. The molecule has 2 rings (SSSR count). The molecule has 86 valence electrons. The molecule has 1 aliphatic rings. The van der Waals surface area contributed by atoms with Crippen LogP contribution in [0.4, 0.5) is 10.1 Å². The van der Waals surface area contributed by atoms with Crippen LogP contribution in [0.2, 0.25) is 0 Å². The van der Waals surface area contributed by atoms with Crippen LogP contribution in [0.3, 0.4) is 0 Å². The molecule has 1 aromatic carbocycles. The largest absolute Gasteiger partial charge is 0.379 e. The van der Waals surface area contributed by atoms with Crippen LogP contribution in [-0.4, -0.2) is 32.6 Å². The first-order chi connectivity index (χ1) is 7.70. The molecule has 1 unspecified atom stereocenters. The van der Waals surface area contributed by atoms with E-state index in [9.17, 15) is 9.18 Å². The van der Waals surface area contributed by atoms with Crippen LogP contribution in [0.5, 0.6) is 0 Å². The van der Waals surface area contributed by atoms with E-state index >= 15 is 0 Å². The molecule has 0 N–H and O–H groups in total. The Balaban J connectivity index is 2.24. The zero-order chi connectivity index (χ0) is 11.5. The topological polar surface area (TPSA) is 29.5 Å². The lowest BCUT2D eigenvalue weighted by Gasteiger charge is -2.25. The Kier molecular flexibility index (Phi) is 3.19. The average molecular weight is 223 g/mol. The van der Waals surface area contributed by atoms with Gasteiger partial charge in [-0.3, -0.25) is 4.79 Å². The molecule has 1 aromatic rings. The molecule has 4 heteroatoms. The van der Waals surface area contributed by atoms with Crippen molar-refractivity contribution >= 4 is 12.0 Å². The Bertz CT molecular complexity index is 389. The van der Waals surface area contributed by atoms with Crippen LogP contribution in [0.15, 0.2) is 18.2 Å². The Morgan fingerprint density at radius 2 is 2.31 bits per heavy atom. The van der Waals surface area contributed by atoms with Gasteiger partial charge in [0, 0.05) is 24.9 Å². The highest BCUT2D eigenvalue weighted by Crippen LogP contribution is 2.22. The van der Waals surface area contributed by atoms with Crippen molar-refractivity contribution in [3.63, 3.8) is 0 Å². The van der Waals surface area contributed by atoms with Gasteiger partial charge in [0.15, 0.2) is 0 Å². The van der Waals surface area contributed by atoms with E-state index in [4.69, 9.17) is 4.74 Å². The lowest BCUT2D eigenvalue weighted by Crippen LogP contribution is -2.31. The molecule has 0 aliphatic carbocycles. The average Bonchev–Trinajstić information content (AvgIpc) is 2.80. The molecular weight excluding hydrogens is 209 g/mol. The summed E-state index contributed by atoms with van der Waals surface area (Å²) in [6, 6.07) is 4.62. The van der Waals surface area contributed by atoms with E-state index in [-0.39, 0.29) is 11.9 Å². The number of hydrogen-bond donors (Lipinski definition) is 0. The molecular formula is C12H14FNO2. The summed E-state index contributed by atoms with van der Waals surface area (Å²) in [4.78, 5) is 12.6. The number of anilines is 1. The van der Waals surface area contributed by atoms with Gasteiger partial charge in [-0.15, -0.1) is 0 Å². The van der Waals surface area contributed by atoms with Crippen molar-refractivity contribution in [2.75, 3.05) is 25.2 Å². The van der Waals surface area contributed by atoms with Crippen LogP contribution >= 0.6 is 0 Å². The van der Waals surface area contributed by atoms with E-state index in [0.717, 1.165) is 18.7 Å². The van der Waals surface area contributed by atoms with Crippen molar-refractivity contribution in [1.29, 1.82) is 0 Å². The van der Waals surface area contributed by atoms with E-state index in [1.54, 1.807) is 6.07 Å². The molecule has 0 radical (unpaired) electrons. The Labute approximate surface area is 93.8 Å². The van der Waals surface area contributed by atoms with E-state index < -0.39 is 0 Å². The van der Waals surface area contributed by atoms with E-state index in [2.05, 4.69) is 0 Å². The highest BCUT2D eigenvalue weighted by molar-refractivity contribution is 5.77. The van der Waals surface area contributed by atoms with Crippen molar-refractivity contribution in [3.05, 3.63) is 29.6 Å². The van der Waals surface area contributed by atoms with Crippen LogP contribution in [-0.2, 0) is 4.74 Å². The summed E-state index contributed by atoms with van der Waals surface area (Å²) in [5.74, 6) is -0.384. The molecule has 0 spiro atoms. The summed E-state index contributed by atoms with van der Waals surface area (Å²) in [5, 5.41) is 0. The number of aldehydes is 1. The number of halogens is 1. The SMILES string of the molecule is CN(c1cc(F)cc(C=O)c1)C1CCOC1. The number of carbonyl (C=O) groups excluding carboxylic acids is 1. The first-order valence-corrected chi connectivity index (χ1v) is 5.27. The monoisotopic (exact) mass is 223 g/mol. The molecule has 1 fully saturated rings. The number of rotatable bonds is 3. The number of benzene rings is 1. The lowest BCUT2D eigenvalue weighted by atomic mass is 10.1. The van der Waals surface area contributed by atoms with Crippen molar-refractivity contribution in [1.82, 2.24) is 0 Å². The van der Waals surface area contributed by atoms with Gasteiger partial charge in [0.05, 0.1) is 12.6 Å². The zero-order valence-electron chi connectivity index (χ0n) is 9.15. The van der Waals surface area contributed by atoms with E-state index in [1.165, 1.54) is 12.1 Å². The molecule has 1 atom stereocenters. The summed E-state index contributed by atoms with van der Waals surface area (Å²) < 4.78 is 18.5. The van der Waals surface area contributed by atoms with Gasteiger partial charge in [-0.25, -0.2) is 4.39 Å². The van der Waals surface area contributed by atoms with Gasteiger partial charge in [-0.2, -0.15) is 0 Å². The van der Waals surface area contributed by atoms with Crippen molar-refractivity contribution in [3.8, 4) is 0 Å². The highest BCUT2D eigenvalue weighted by Gasteiger charge is 2.21. The number of nitrogens with zero attached hydrogens (tertiary/aromatic N) is 1. The maximum Gasteiger partial charge on any atom is 0.150 e. The molecule has 0 amide bonds. The second-order valence-electron chi connectivity index (χ2n) is 3.99. The van der Waals surface area contributed by atoms with Gasteiger partial charge in [0.2, 0.25) is 0 Å².